The lowest BCUT2D eigenvalue weighted by Gasteiger charge is -2.35. The lowest BCUT2D eigenvalue weighted by molar-refractivity contribution is 0.109. The summed E-state index contributed by atoms with van der Waals surface area (Å²) in [7, 11) is 0. The number of ether oxygens (including phenoxy) is 1. The van der Waals surface area contributed by atoms with Gasteiger partial charge in [0.15, 0.2) is 0 Å². The summed E-state index contributed by atoms with van der Waals surface area (Å²) in [5.41, 5.74) is 1.12. The number of halogens is 1. The van der Waals surface area contributed by atoms with Crippen molar-refractivity contribution in [2.75, 3.05) is 39.4 Å². The van der Waals surface area contributed by atoms with Gasteiger partial charge in [-0.15, -0.1) is 12.4 Å². The molecule has 0 saturated carbocycles. The second-order valence-electron chi connectivity index (χ2n) is 5.62. The van der Waals surface area contributed by atoms with E-state index in [1.807, 2.05) is 25.1 Å². The number of nitrogens with one attached hydrogen (secondary N) is 1. The van der Waals surface area contributed by atoms with Crippen molar-refractivity contribution in [1.82, 2.24) is 10.2 Å². The molecule has 126 valence electrons. The summed E-state index contributed by atoms with van der Waals surface area (Å²) in [6.07, 6.45) is 0. The number of aliphatic hydroxyl groups excluding tert-OH is 1. The van der Waals surface area contributed by atoms with Gasteiger partial charge >= 0.3 is 0 Å². The fourth-order valence-corrected chi connectivity index (χ4v) is 3.28. The Balaban J connectivity index is 0.00000192. The van der Waals surface area contributed by atoms with Crippen molar-refractivity contribution in [2.24, 2.45) is 0 Å². The Bertz CT molecular complexity index is 629. The first-order valence-electron chi connectivity index (χ1n) is 8.05. The van der Waals surface area contributed by atoms with E-state index in [1.165, 1.54) is 10.8 Å². The third kappa shape index (κ3) is 3.78. The summed E-state index contributed by atoms with van der Waals surface area (Å²) in [5.74, 6) is 0.888. The van der Waals surface area contributed by atoms with Gasteiger partial charge in [-0.3, -0.25) is 4.90 Å². The standard InChI is InChI=1S/C18H24N2O2.ClH/c1-2-22-17-8-7-14-5-3-4-6-15(14)18(17)16(13-21)20-11-9-19-10-12-20;/h3-8,16,19,21H,2,9-13H2,1H3;1H/t16-;/m1./s1. The molecule has 0 unspecified atom stereocenters. The van der Waals surface area contributed by atoms with Crippen molar-refractivity contribution < 1.29 is 9.84 Å². The third-order valence-electron chi connectivity index (χ3n) is 4.33. The summed E-state index contributed by atoms with van der Waals surface area (Å²) in [6.45, 7) is 6.55. The summed E-state index contributed by atoms with van der Waals surface area (Å²) in [6, 6.07) is 12.4. The van der Waals surface area contributed by atoms with E-state index >= 15 is 0 Å². The summed E-state index contributed by atoms with van der Waals surface area (Å²) < 4.78 is 5.87. The molecule has 0 aliphatic carbocycles. The van der Waals surface area contributed by atoms with E-state index in [9.17, 15) is 5.11 Å². The molecule has 2 aromatic carbocycles. The minimum atomic E-state index is -0.0188. The molecule has 0 amide bonds. The molecule has 1 saturated heterocycles. The number of rotatable bonds is 5. The van der Waals surface area contributed by atoms with Crippen LogP contribution in [0.5, 0.6) is 5.75 Å². The van der Waals surface area contributed by atoms with Gasteiger partial charge in [0, 0.05) is 31.7 Å². The first-order chi connectivity index (χ1) is 10.8. The predicted octanol–water partition coefficient (Wildman–Crippen LogP) is 2.60. The Labute approximate surface area is 143 Å². The molecule has 1 heterocycles. The van der Waals surface area contributed by atoms with Crippen LogP contribution >= 0.6 is 12.4 Å². The highest BCUT2D eigenvalue weighted by molar-refractivity contribution is 5.88. The molecule has 4 nitrogen and oxygen atoms in total. The Hall–Kier alpha value is -1.33. The van der Waals surface area contributed by atoms with Crippen molar-refractivity contribution in [3.05, 3.63) is 42.0 Å². The Kier molecular flexibility index (Phi) is 6.66. The van der Waals surface area contributed by atoms with Gasteiger partial charge < -0.3 is 15.2 Å². The molecule has 2 aromatic rings. The molecule has 0 aromatic heterocycles. The molecule has 3 rings (SSSR count). The van der Waals surface area contributed by atoms with Crippen molar-refractivity contribution in [3.8, 4) is 5.75 Å². The monoisotopic (exact) mass is 336 g/mol. The van der Waals surface area contributed by atoms with Gasteiger partial charge in [0.1, 0.15) is 5.75 Å². The van der Waals surface area contributed by atoms with Gasteiger partial charge in [0.05, 0.1) is 19.3 Å². The fraction of sp³-hybridized carbons (Fsp3) is 0.444. The Morgan fingerprint density at radius 2 is 1.91 bits per heavy atom. The van der Waals surface area contributed by atoms with Gasteiger partial charge in [-0.2, -0.15) is 0 Å². The average molecular weight is 337 g/mol. The van der Waals surface area contributed by atoms with Gasteiger partial charge in [0.2, 0.25) is 0 Å². The van der Waals surface area contributed by atoms with Gasteiger partial charge in [-0.05, 0) is 23.8 Å². The number of fused-ring (bicyclic) bond motifs is 1. The lowest BCUT2D eigenvalue weighted by Crippen LogP contribution is -2.46. The quantitative estimate of drug-likeness (QED) is 0.881. The molecule has 1 atom stereocenters. The van der Waals surface area contributed by atoms with Gasteiger partial charge in [0.25, 0.3) is 0 Å². The number of hydrogen-bond donors (Lipinski definition) is 2. The van der Waals surface area contributed by atoms with Crippen LogP contribution in [0.25, 0.3) is 10.8 Å². The van der Waals surface area contributed by atoms with Crippen LogP contribution in [0, 0.1) is 0 Å². The fourth-order valence-electron chi connectivity index (χ4n) is 3.28. The van der Waals surface area contributed by atoms with Crippen LogP contribution in [0.1, 0.15) is 18.5 Å². The van der Waals surface area contributed by atoms with E-state index in [0.29, 0.717) is 6.61 Å². The zero-order valence-corrected chi connectivity index (χ0v) is 14.3. The molecule has 1 aliphatic rings. The van der Waals surface area contributed by atoms with Gasteiger partial charge in [-0.25, -0.2) is 0 Å². The third-order valence-corrected chi connectivity index (χ3v) is 4.33. The maximum absolute atomic E-state index is 10.1. The van der Waals surface area contributed by atoms with E-state index in [1.54, 1.807) is 0 Å². The van der Waals surface area contributed by atoms with E-state index in [2.05, 4.69) is 28.4 Å². The summed E-state index contributed by atoms with van der Waals surface area (Å²) >= 11 is 0. The maximum atomic E-state index is 10.1. The minimum absolute atomic E-state index is 0. The number of piperazine rings is 1. The molecule has 5 heteroatoms. The number of hydrogen-bond acceptors (Lipinski definition) is 4. The zero-order valence-electron chi connectivity index (χ0n) is 13.5. The first kappa shape index (κ1) is 18.0. The second-order valence-corrected chi connectivity index (χ2v) is 5.62. The van der Waals surface area contributed by atoms with E-state index < -0.39 is 0 Å². The Morgan fingerprint density at radius 3 is 2.61 bits per heavy atom. The number of aliphatic hydroxyl groups is 1. The van der Waals surface area contributed by atoms with Crippen LogP contribution in [0.3, 0.4) is 0 Å². The van der Waals surface area contributed by atoms with Crippen molar-refractivity contribution in [2.45, 2.75) is 13.0 Å². The zero-order chi connectivity index (χ0) is 15.4. The average Bonchev–Trinajstić information content (AvgIpc) is 2.58. The van der Waals surface area contributed by atoms with Crippen molar-refractivity contribution >= 4 is 23.2 Å². The molecule has 23 heavy (non-hydrogen) atoms. The molecular weight excluding hydrogens is 312 g/mol. The maximum Gasteiger partial charge on any atom is 0.124 e. The molecule has 0 radical (unpaired) electrons. The van der Waals surface area contributed by atoms with Gasteiger partial charge in [-0.1, -0.05) is 30.3 Å². The van der Waals surface area contributed by atoms with E-state index in [4.69, 9.17) is 4.74 Å². The highest BCUT2D eigenvalue weighted by Crippen LogP contribution is 2.36. The predicted molar refractivity (Wildman–Crippen MR) is 96.6 cm³/mol. The van der Waals surface area contributed by atoms with Crippen molar-refractivity contribution in [1.29, 1.82) is 0 Å². The second kappa shape index (κ2) is 8.50. The molecule has 0 bridgehead atoms. The van der Waals surface area contributed by atoms with E-state index in [-0.39, 0.29) is 25.1 Å². The number of benzene rings is 2. The highest BCUT2D eigenvalue weighted by atomic mass is 35.5. The SMILES string of the molecule is CCOc1ccc2ccccc2c1[C@@H](CO)N1CCNCC1.Cl. The Morgan fingerprint density at radius 1 is 1.17 bits per heavy atom. The normalized spacial score (nSPS) is 16.8. The molecular formula is C18H25ClN2O2. The van der Waals surface area contributed by atoms with Crippen LogP contribution < -0.4 is 10.1 Å². The summed E-state index contributed by atoms with van der Waals surface area (Å²) in [4.78, 5) is 2.35. The van der Waals surface area contributed by atoms with E-state index in [0.717, 1.165) is 37.5 Å². The van der Waals surface area contributed by atoms with Crippen molar-refractivity contribution in [3.63, 3.8) is 0 Å². The van der Waals surface area contributed by atoms with Crippen LogP contribution in [-0.4, -0.2) is 49.4 Å². The summed E-state index contributed by atoms with van der Waals surface area (Å²) in [5, 5.41) is 15.8. The first-order valence-corrected chi connectivity index (χ1v) is 8.05. The lowest BCUT2D eigenvalue weighted by atomic mass is 9.96. The molecule has 0 spiro atoms. The molecule has 2 N–H and O–H groups in total. The topological polar surface area (TPSA) is 44.7 Å². The molecule has 1 fully saturated rings. The number of nitrogens with zero attached hydrogens (tertiary/aromatic N) is 1. The van der Waals surface area contributed by atoms with Crippen LogP contribution in [-0.2, 0) is 0 Å². The highest BCUT2D eigenvalue weighted by Gasteiger charge is 2.26. The molecule has 1 aliphatic heterocycles. The smallest absolute Gasteiger partial charge is 0.124 e. The minimum Gasteiger partial charge on any atom is -0.494 e. The van der Waals surface area contributed by atoms with Crippen LogP contribution in [0.2, 0.25) is 0 Å². The largest absolute Gasteiger partial charge is 0.494 e. The van der Waals surface area contributed by atoms with Crippen LogP contribution in [0.15, 0.2) is 36.4 Å². The van der Waals surface area contributed by atoms with Crippen LogP contribution in [0.4, 0.5) is 0 Å².